The summed E-state index contributed by atoms with van der Waals surface area (Å²) in [6.45, 7) is 3.53. The van der Waals surface area contributed by atoms with E-state index in [4.69, 9.17) is 0 Å². The SMILES string of the molecule is CCCCNC(=O)[C@@H](Cc1ccccc1)N(Cc1ccccc1F)C(=O)CN(c1cccc(C)c1)S(C)(=O)=O. The number of halogens is 1. The molecule has 7 nitrogen and oxygen atoms in total. The summed E-state index contributed by atoms with van der Waals surface area (Å²) in [4.78, 5) is 28.8. The lowest BCUT2D eigenvalue weighted by Crippen LogP contribution is -2.53. The van der Waals surface area contributed by atoms with Crippen LogP contribution in [-0.4, -0.2) is 50.5 Å². The molecule has 0 fully saturated rings. The number of rotatable bonds is 13. The second-order valence-electron chi connectivity index (χ2n) is 9.57. The van der Waals surface area contributed by atoms with E-state index in [2.05, 4.69) is 5.32 Å². The Labute approximate surface area is 230 Å². The van der Waals surface area contributed by atoms with Crippen molar-refractivity contribution >= 4 is 27.5 Å². The highest BCUT2D eigenvalue weighted by Crippen LogP contribution is 2.22. The molecule has 2 amide bonds. The van der Waals surface area contributed by atoms with Crippen molar-refractivity contribution in [1.82, 2.24) is 10.2 Å². The minimum atomic E-state index is -3.86. The zero-order chi connectivity index (χ0) is 28.4. The van der Waals surface area contributed by atoms with Gasteiger partial charge in [0, 0.05) is 25.1 Å². The first-order chi connectivity index (χ1) is 18.6. The zero-order valence-electron chi connectivity index (χ0n) is 22.6. The average molecular weight is 554 g/mol. The number of hydrogen-bond acceptors (Lipinski definition) is 4. The first-order valence-corrected chi connectivity index (χ1v) is 14.8. The standard InChI is InChI=1S/C30H36FN3O4S/c1-4-5-18-32-30(36)28(20-24-13-7-6-8-14-24)33(21-25-15-9-10-17-27(25)31)29(35)22-34(39(3,37)38)26-16-11-12-23(2)19-26/h6-17,19,28H,4-5,18,20-22H2,1-3H3,(H,32,36)/t28-/m1/s1. The van der Waals surface area contributed by atoms with Crippen LogP contribution in [0.5, 0.6) is 0 Å². The first kappa shape index (κ1) is 29.8. The summed E-state index contributed by atoms with van der Waals surface area (Å²) in [5.41, 5.74) is 2.21. The van der Waals surface area contributed by atoms with Crippen molar-refractivity contribution in [2.24, 2.45) is 0 Å². The van der Waals surface area contributed by atoms with Gasteiger partial charge in [-0.1, -0.05) is 74.0 Å². The quantitative estimate of drug-likeness (QED) is 0.317. The smallest absolute Gasteiger partial charge is 0.244 e. The summed E-state index contributed by atoms with van der Waals surface area (Å²) in [5.74, 6) is -1.51. The van der Waals surface area contributed by atoms with Crippen molar-refractivity contribution in [3.8, 4) is 0 Å². The van der Waals surface area contributed by atoms with Crippen LogP contribution in [0.3, 0.4) is 0 Å². The highest BCUT2D eigenvalue weighted by molar-refractivity contribution is 7.92. The Morgan fingerprint density at radius 1 is 0.974 bits per heavy atom. The van der Waals surface area contributed by atoms with Crippen LogP contribution in [0.2, 0.25) is 0 Å². The Bertz CT molecular complexity index is 1370. The third-order valence-corrected chi connectivity index (χ3v) is 7.51. The van der Waals surface area contributed by atoms with Crippen LogP contribution in [0, 0.1) is 12.7 Å². The van der Waals surface area contributed by atoms with Crippen LogP contribution >= 0.6 is 0 Å². The van der Waals surface area contributed by atoms with E-state index in [-0.39, 0.29) is 24.4 Å². The Hall–Kier alpha value is -3.72. The number of carbonyl (C=O) groups excluding carboxylic acids is 2. The van der Waals surface area contributed by atoms with Gasteiger partial charge < -0.3 is 10.2 Å². The molecule has 0 aliphatic carbocycles. The number of anilines is 1. The highest BCUT2D eigenvalue weighted by atomic mass is 32.2. The van der Waals surface area contributed by atoms with Gasteiger partial charge in [0.25, 0.3) is 0 Å². The molecule has 3 aromatic rings. The number of aryl methyl sites for hydroxylation is 1. The number of hydrogen-bond donors (Lipinski definition) is 1. The van der Waals surface area contributed by atoms with Gasteiger partial charge in [0.15, 0.2) is 0 Å². The van der Waals surface area contributed by atoms with Crippen LogP contribution in [0.15, 0.2) is 78.9 Å². The molecular weight excluding hydrogens is 517 g/mol. The van der Waals surface area contributed by atoms with Crippen LogP contribution < -0.4 is 9.62 Å². The molecule has 0 saturated carbocycles. The third kappa shape index (κ3) is 8.64. The minimum absolute atomic E-state index is 0.183. The second-order valence-corrected chi connectivity index (χ2v) is 11.5. The van der Waals surface area contributed by atoms with Crippen molar-refractivity contribution in [3.05, 3.63) is 101 Å². The molecular formula is C30H36FN3O4S. The van der Waals surface area contributed by atoms with Crippen molar-refractivity contribution in [3.63, 3.8) is 0 Å². The lowest BCUT2D eigenvalue weighted by Gasteiger charge is -2.33. The van der Waals surface area contributed by atoms with Gasteiger partial charge in [0.05, 0.1) is 11.9 Å². The number of benzene rings is 3. The van der Waals surface area contributed by atoms with Gasteiger partial charge in [-0.25, -0.2) is 12.8 Å². The fourth-order valence-corrected chi connectivity index (χ4v) is 5.11. The molecule has 0 unspecified atom stereocenters. The van der Waals surface area contributed by atoms with Crippen molar-refractivity contribution < 1.29 is 22.4 Å². The molecule has 3 rings (SSSR count). The lowest BCUT2D eigenvalue weighted by molar-refractivity contribution is -0.140. The number of unbranched alkanes of at least 4 members (excludes halogenated alkanes) is 1. The third-order valence-electron chi connectivity index (χ3n) is 6.37. The topological polar surface area (TPSA) is 86.8 Å². The van der Waals surface area contributed by atoms with E-state index in [1.807, 2.05) is 50.2 Å². The van der Waals surface area contributed by atoms with Gasteiger partial charge in [-0.05, 0) is 42.7 Å². The maximum absolute atomic E-state index is 14.8. The van der Waals surface area contributed by atoms with E-state index in [1.54, 1.807) is 36.4 Å². The molecule has 0 aromatic heterocycles. The fourth-order valence-electron chi connectivity index (χ4n) is 4.27. The molecule has 208 valence electrons. The van der Waals surface area contributed by atoms with E-state index in [0.717, 1.165) is 34.5 Å². The minimum Gasteiger partial charge on any atom is -0.354 e. The Kier molecular flexibility index (Phi) is 10.6. The van der Waals surface area contributed by atoms with E-state index in [0.29, 0.717) is 12.2 Å². The molecule has 0 saturated heterocycles. The van der Waals surface area contributed by atoms with Gasteiger partial charge in [0.2, 0.25) is 21.8 Å². The monoisotopic (exact) mass is 553 g/mol. The summed E-state index contributed by atoms with van der Waals surface area (Å²) in [5, 5.41) is 2.90. The van der Waals surface area contributed by atoms with Crippen molar-refractivity contribution in [1.29, 1.82) is 0 Å². The Morgan fingerprint density at radius 3 is 2.31 bits per heavy atom. The van der Waals surface area contributed by atoms with E-state index in [9.17, 15) is 22.4 Å². The predicted molar refractivity (Wildman–Crippen MR) is 152 cm³/mol. The predicted octanol–water partition coefficient (Wildman–Crippen LogP) is 4.46. The van der Waals surface area contributed by atoms with E-state index in [1.165, 1.54) is 11.0 Å². The Morgan fingerprint density at radius 2 is 1.67 bits per heavy atom. The van der Waals surface area contributed by atoms with Crippen LogP contribution in [-0.2, 0) is 32.6 Å². The Balaban J connectivity index is 2.04. The molecule has 0 aliphatic heterocycles. The molecule has 0 spiro atoms. The number of sulfonamides is 1. The van der Waals surface area contributed by atoms with E-state index >= 15 is 0 Å². The van der Waals surface area contributed by atoms with Gasteiger partial charge in [0.1, 0.15) is 18.4 Å². The molecule has 0 radical (unpaired) electrons. The molecule has 1 N–H and O–H groups in total. The molecule has 9 heteroatoms. The lowest BCUT2D eigenvalue weighted by atomic mass is 10.0. The van der Waals surface area contributed by atoms with Crippen LogP contribution in [0.1, 0.15) is 36.5 Å². The number of amides is 2. The number of carbonyl (C=O) groups is 2. The van der Waals surface area contributed by atoms with Gasteiger partial charge in [-0.3, -0.25) is 13.9 Å². The zero-order valence-corrected chi connectivity index (χ0v) is 23.5. The summed E-state index contributed by atoms with van der Waals surface area (Å²) >= 11 is 0. The van der Waals surface area contributed by atoms with Crippen LogP contribution in [0.4, 0.5) is 10.1 Å². The molecule has 0 heterocycles. The van der Waals surface area contributed by atoms with Crippen molar-refractivity contribution in [2.45, 2.75) is 45.7 Å². The second kappa shape index (κ2) is 13.9. The molecule has 0 bridgehead atoms. The molecule has 3 aromatic carbocycles. The number of nitrogens with one attached hydrogen (secondary N) is 1. The molecule has 39 heavy (non-hydrogen) atoms. The highest BCUT2D eigenvalue weighted by Gasteiger charge is 2.33. The van der Waals surface area contributed by atoms with Gasteiger partial charge in [-0.2, -0.15) is 0 Å². The normalized spacial score (nSPS) is 12.0. The fraction of sp³-hybridized carbons (Fsp3) is 0.333. The maximum Gasteiger partial charge on any atom is 0.244 e. The summed E-state index contributed by atoms with van der Waals surface area (Å²) in [7, 11) is -3.86. The van der Waals surface area contributed by atoms with Gasteiger partial charge >= 0.3 is 0 Å². The molecule has 1 atom stereocenters. The summed E-state index contributed by atoms with van der Waals surface area (Å²) in [6.07, 6.45) is 2.85. The van der Waals surface area contributed by atoms with Crippen LogP contribution in [0.25, 0.3) is 0 Å². The summed E-state index contributed by atoms with van der Waals surface area (Å²) < 4.78 is 41.4. The van der Waals surface area contributed by atoms with Crippen molar-refractivity contribution in [2.75, 3.05) is 23.7 Å². The van der Waals surface area contributed by atoms with Gasteiger partial charge in [-0.15, -0.1) is 0 Å². The molecule has 0 aliphatic rings. The summed E-state index contributed by atoms with van der Waals surface area (Å²) in [6, 6.07) is 21.1. The largest absolute Gasteiger partial charge is 0.354 e. The van der Waals surface area contributed by atoms with E-state index < -0.39 is 34.3 Å². The first-order valence-electron chi connectivity index (χ1n) is 13.0. The average Bonchev–Trinajstić information content (AvgIpc) is 2.90. The maximum atomic E-state index is 14.8. The number of nitrogens with zero attached hydrogens (tertiary/aromatic N) is 2.